The molecule has 116 valence electrons. The van der Waals surface area contributed by atoms with Gasteiger partial charge in [0.2, 0.25) is 0 Å². The molecule has 1 aliphatic rings. The average Bonchev–Trinajstić information content (AvgIpc) is 2.71. The van der Waals surface area contributed by atoms with Gasteiger partial charge in [-0.3, -0.25) is 9.78 Å². The van der Waals surface area contributed by atoms with E-state index in [1.165, 1.54) is 12.8 Å². The Balaban J connectivity index is 1.96. The summed E-state index contributed by atoms with van der Waals surface area (Å²) in [4.78, 5) is 15.8. The third-order valence-corrected chi connectivity index (χ3v) is 3.99. The van der Waals surface area contributed by atoms with Crippen LogP contribution < -0.4 is 10.6 Å². The molecule has 1 fully saturated rings. The number of carbonyl (C=O) groups is 1. The number of hydrogen-bond acceptors (Lipinski definition) is 4. The van der Waals surface area contributed by atoms with Crippen molar-refractivity contribution in [2.75, 3.05) is 18.4 Å². The maximum Gasteiger partial charge on any atom is 0.269 e. The number of carbonyl (C=O) groups excluding carboxylic acids is 1. The molecule has 0 saturated heterocycles. The first-order valence-corrected chi connectivity index (χ1v) is 7.83. The van der Waals surface area contributed by atoms with E-state index >= 15 is 0 Å². The zero-order valence-electron chi connectivity index (χ0n) is 12.7. The van der Waals surface area contributed by atoms with Crippen molar-refractivity contribution in [3.63, 3.8) is 0 Å². The van der Waals surface area contributed by atoms with Gasteiger partial charge in [0, 0.05) is 25.0 Å². The maximum absolute atomic E-state index is 11.8. The van der Waals surface area contributed by atoms with Crippen molar-refractivity contribution in [3.8, 4) is 0 Å². The predicted molar refractivity (Wildman–Crippen MR) is 83.4 cm³/mol. The normalized spacial score (nSPS) is 17.8. The summed E-state index contributed by atoms with van der Waals surface area (Å²) in [6.45, 7) is 2.98. The molecule has 1 aromatic rings. The topological polar surface area (TPSA) is 74.2 Å². The number of pyridine rings is 1. The minimum absolute atomic E-state index is 0.172. The van der Waals surface area contributed by atoms with E-state index < -0.39 is 5.60 Å². The minimum atomic E-state index is -0.633. The molecule has 0 bridgehead atoms. The van der Waals surface area contributed by atoms with E-state index in [4.69, 9.17) is 0 Å². The third kappa shape index (κ3) is 4.70. The molecular formula is C16H25N3O2. The minimum Gasteiger partial charge on any atom is -0.388 e. The van der Waals surface area contributed by atoms with Crippen LogP contribution in [0.1, 0.15) is 55.9 Å². The van der Waals surface area contributed by atoms with Crippen LogP contribution in [0.4, 0.5) is 5.69 Å². The molecule has 0 aromatic carbocycles. The molecule has 5 heteroatoms. The lowest BCUT2D eigenvalue weighted by atomic mass is 9.94. The van der Waals surface area contributed by atoms with Crippen molar-refractivity contribution < 1.29 is 9.90 Å². The number of nitrogens with one attached hydrogen (secondary N) is 2. The first-order valence-electron chi connectivity index (χ1n) is 7.83. The smallest absolute Gasteiger partial charge is 0.269 e. The van der Waals surface area contributed by atoms with Crippen LogP contribution in [0.5, 0.6) is 0 Å². The molecule has 0 spiro atoms. The van der Waals surface area contributed by atoms with Gasteiger partial charge in [0.1, 0.15) is 5.69 Å². The van der Waals surface area contributed by atoms with E-state index in [9.17, 15) is 9.90 Å². The summed E-state index contributed by atoms with van der Waals surface area (Å²) in [6.07, 6.45) is 7.88. The Morgan fingerprint density at radius 3 is 2.71 bits per heavy atom. The molecule has 21 heavy (non-hydrogen) atoms. The standard InChI is InChI=1S/C16H25N3O2/c1-2-17-15(20)14-11-13(7-10-18-14)19-12-16(21)8-5-3-4-6-9-16/h7,10-11,21H,2-6,8-9,12H2,1H3,(H,17,20)(H,18,19). The first kappa shape index (κ1) is 15.8. The molecule has 1 amide bonds. The summed E-state index contributed by atoms with van der Waals surface area (Å²) in [5, 5.41) is 16.6. The number of hydrogen-bond donors (Lipinski definition) is 3. The van der Waals surface area contributed by atoms with Gasteiger partial charge in [-0.15, -0.1) is 0 Å². The molecule has 1 aromatic heterocycles. The van der Waals surface area contributed by atoms with Gasteiger partial charge in [0.05, 0.1) is 5.60 Å². The van der Waals surface area contributed by atoms with Crippen molar-refractivity contribution in [3.05, 3.63) is 24.0 Å². The average molecular weight is 291 g/mol. The summed E-state index contributed by atoms with van der Waals surface area (Å²) in [5.41, 5.74) is 0.588. The number of aromatic nitrogens is 1. The molecule has 2 rings (SSSR count). The van der Waals surface area contributed by atoms with Gasteiger partial charge in [-0.05, 0) is 31.9 Å². The van der Waals surface area contributed by atoms with Gasteiger partial charge in [0.15, 0.2) is 0 Å². The summed E-state index contributed by atoms with van der Waals surface area (Å²) in [5.74, 6) is -0.172. The Bertz CT molecular complexity index is 468. The second kappa shape index (κ2) is 7.41. The highest BCUT2D eigenvalue weighted by molar-refractivity contribution is 5.93. The van der Waals surface area contributed by atoms with Crippen molar-refractivity contribution in [2.24, 2.45) is 0 Å². The van der Waals surface area contributed by atoms with Crippen molar-refractivity contribution in [1.82, 2.24) is 10.3 Å². The van der Waals surface area contributed by atoms with E-state index in [-0.39, 0.29) is 5.91 Å². The second-order valence-corrected chi connectivity index (χ2v) is 5.78. The van der Waals surface area contributed by atoms with Crippen LogP contribution >= 0.6 is 0 Å². The lowest BCUT2D eigenvalue weighted by molar-refractivity contribution is 0.0381. The molecular weight excluding hydrogens is 266 g/mol. The van der Waals surface area contributed by atoms with Crippen LogP contribution in [0.3, 0.4) is 0 Å². The highest BCUT2D eigenvalue weighted by Gasteiger charge is 2.27. The lowest BCUT2D eigenvalue weighted by Gasteiger charge is -2.27. The monoisotopic (exact) mass is 291 g/mol. The Labute approximate surface area is 126 Å². The Morgan fingerprint density at radius 1 is 1.33 bits per heavy atom. The second-order valence-electron chi connectivity index (χ2n) is 5.78. The van der Waals surface area contributed by atoms with Gasteiger partial charge in [0.25, 0.3) is 5.91 Å². The largest absolute Gasteiger partial charge is 0.388 e. The van der Waals surface area contributed by atoms with E-state index in [1.807, 2.05) is 13.0 Å². The van der Waals surface area contributed by atoms with Crippen LogP contribution in [0, 0.1) is 0 Å². The zero-order valence-corrected chi connectivity index (χ0v) is 12.7. The number of amides is 1. The van der Waals surface area contributed by atoms with Gasteiger partial charge in [-0.25, -0.2) is 0 Å². The maximum atomic E-state index is 11.8. The Morgan fingerprint density at radius 2 is 2.05 bits per heavy atom. The SMILES string of the molecule is CCNC(=O)c1cc(NCC2(O)CCCCCC2)ccn1. The summed E-state index contributed by atoms with van der Waals surface area (Å²) in [6, 6.07) is 3.55. The molecule has 5 nitrogen and oxygen atoms in total. The lowest BCUT2D eigenvalue weighted by Crippen LogP contribution is -2.36. The van der Waals surface area contributed by atoms with E-state index in [2.05, 4.69) is 15.6 Å². The summed E-state index contributed by atoms with van der Waals surface area (Å²) >= 11 is 0. The van der Waals surface area contributed by atoms with Crippen LogP contribution in [-0.2, 0) is 0 Å². The molecule has 0 atom stereocenters. The first-order chi connectivity index (χ1) is 10.1. The van der Waals surface area contributed by atoms with Gasteiger partial charge in [-0.2, -0.15) is 0 Å². The zero-order chi connectivity index (χ0) is 15.1. The Kier molecular flexibility index (Phi) is 5.56. The molecule has 1 heterocycles. The van der Waals surface area contributed by atoms with E-state index in [0.29, 0.717) is 18.8 Å². The molecule has 3 N–H and O–H groups in total. The third-order valence-electron chi connectivity index (χ3n) is 3.99. The predicted octanol–water partition coefficient (Wildman–Crippen LogP) is 2.33. The number of nitrogens with zero attached hydrogens (tertiary/aromatic N) is 1. The van der Waals surface area contributed by atoms with Gasteiger partial charge in [-0.1, -0.05) is 25.7 Å². The van der Waals surface area contributed by atoms with E-state index in [1.54, 1.807) is 12.3 Å². The van der Waals surface area contributed by atoms with Gasteiger partial charge >= 0.3 is 0 Å². The van der Waals surface area contributed by atoms with Crippen molar-refractivity contribution >= 4 is 11.6 Å². The van der Waals surface area contributed by atoms with Crippen LogP contribution in [0.15, 0.2) is 18.3 Å². The molecule has 1 saturated carbocycles. The van der Waals surface area contributed by atoms with Crippen molar-refractivity contribution in [1.29, 1.82) is 0 Å². The van der Waals surface area contributed by atoms with Gasteiger partial charge < -0.3 is 15.7 Å². The highest BCUT2D eigenvalue weighted by atomic mass is 16.3. The fraction of sp³-hybridized carbons (Fsp3) is 0.625. The summed E-state index contributed by atoms with van der Waals surface area (Å²) < 4.78 is 0. The molecule has 1 aliphatic carbocycles. The van der Waals surface area contributed by atoms with Crippen LogP contribution in [0.2, 0.25) is 0 Å². The van der Waals surface area contributed by atoms with Crippen LogP contribution in [0.25, 0.3) is 0 Å². The number of rotatable bonds is 5. The highest BCUT2D eigenvalue weighted by Crippen LogP contribution is 2.27. The van der Waals surface area contributed by atoms with Crippen molar-refractivity contribution in [2.45, 2.75) is 51.0 Å². The molecule has 0 unspecified atom stereocenters. The summed E-state index contributed by atoms with van der Waals surface area (Å²) in [7, 11) is 0. The fourth-order valence-corrected chi connectivity index (χ4v) is 2.75. The quantitative estimate of drug-likeness (QED) is 0.728. The molecule has 0 aliphatic heterocycles. The number of anilines is 1. The molecule has 0 radical (unpaired) electrons. The Hall–Kier alpha value is -1.62. The fourth-order valence-electron chi connectivity index (χ4n) is 2.75. The van der Waals surface area contributed by atoms with E-state index in [0.717, 1.165) is 31.4 Å². The number of aliphatic hydroxyl groups is 1. The van der Waals surface area contributed by atoms with Crippen LogP contribution in [-0.4, -0.2) is 34.7 Å².